The second-order valence-corrected chi connectivity index (χ2v) is 13.3. The summed E-state index contributed by atoms with van der Waals surface area (Å²) in [6.07, 6.45) is 1.19. The molecule has 0 aliphatic rings. The van der Waals surface area contributed by atoms with Crippen LogP contribution in [0, 0.1) is 11.8 Å². The predicted molar refractivity (Wildman–Crippen MR) is 218 cm³/mol. The van der Waals surface area contributed by atoms with E-state index < -0.39 is 53.8 Å². The molecule has 58 heavy (non-hydrogen) atoms. The minimum atomic E-state index is -1.46. The van der Waals surface area contributed by atoms with Gasteiger partial charge in [-0.2, -0.15) is 0 Å². The molecule has 2 rings (SSSR count). The molecule has 19 nitrogen and oxygen atoms in total. The van der Waals surface area contributed by atoms with Crippen molar-refractivity contribution in [2.45, 2.75) is 85.5 Å². The van der Waals surface area contributed by atoms with E-state index in [2.05, 4.69) is 47.4 Å². The lowest BCUT2D eigenvalue weighted by Gasteiger charge is -2.20. The first-order chi connectivity index (χ1) is 27.1. The average molecular weight is 820 g/mol. The number of carbonyl (C=O) groups is 9. The highest BCUT2D eigenvalue weighted by Gasteiger charge is 2.21. The Bertz CT molecular complexity index is 1570. The highest BCUT2D eigenvalue weighted by molar-refractivity contribution is 6.31. The van der Waals surface area contributed by atoms with Gasteiger partial charge in [0.2, 0.25) is 23.6 Å². The number of aldehydes is 1. The number of anilines is 1. The summed E-state index contributed by atoms with van der Waals surface area (Å²) in [4.78, 5) is 97.2. The normalized spacial score (nSPS) is 11.7. The Hall–Kier alpha value is -6.21. The van der Waals surface area contributed by atoms with Crippen LogP contribution in [-0.4, -0.2) is 114 Å². The quantitative estimate of drug-likeness (QED) is 0.0887. The molecule has 324 valence electrons. The van der Waals surface area contributed by atoms with Crippen molar-refractivity contribution in [3.8, 4) is 0 Å². The van der Waals surface area contributed by atoms with Gasteiger partial charge in [0.05, 0.1) is 24.2 Å². The first kappa shape index (κ1) is 56.1. The monoisotopic (exact) mass is 819 g/mol. The van der Waals surface area contributed by atoms with Gasteiger partial charge in [0.1, 0.15) is 12.3 Å². The minimum Gasteiger partial charge on any atom is -0.483 e. The third-order valence-electron chi connectivity index (χ3n) is 6.62. The molecule has 0 bridgehead atoms. The van der Waals surface area contributed by atoms with Gasteiger partial charge < -0.3 is 57.7 Å². The van der Waals surface area contributed by atoms with Crippen LogP contribution in [0.3, 0.4) is 0 Å². The smallest absolute Gasteiger partial charge is 0.394 e. The number of rotatable bonds is 15. The summed E-state index contributed by atoms with van der Waals surface area (Å²) < 4.78 is 0. The van der Waals surface area contributed by atoms with Crippen LogP contribution in [-0.2, 0) is 44.8 Å². The zero-order valence-electron chi connectivity index (χ0n) is 34.5. The van der Waals surface area contributed by atoms with Gasteiger partial charge >= 0.3 is 17.8 Å². The minimum absolute atomic E-state index is 0.00350. The number of aliphatic carboxylic acids is 1. The van der Waals surface area contributed by atoms with Crippen molar-refractivity contribution in [2.75, 3.05) is 26.0 Å². The second-order valence-electron chi connectivity index (χ2n) is 13.3. The molecule has 0 aliphatic heterocycles. The van der Waals surface area contributed by atoms with E-state index in [-0.39, 0.29) is 42.7 Å². The molecule has 0 spiro atoms. The SMILES string of the molecule is CC(C)C.CC(N)C(=O)NC(C=O)C(C)C.CNC(=O)C(=O)O.CNCC(=O)NC(CC(=O)N[C@@H](C)C(=O)Nc1cccc(C(=O)O)c1)Cc1ccccc1.O=CO. The van der Waals surface area contributed by atoms with Crippen LogP contribution in [0.5, 0.6) is 0 Å². The van der Waals surface area contributed by atoms with E-state index in [4.69, 9.17) is 25.8 Å². The number of nitrogens with one attached hydrogen (secondary N) is 6. The van der Waals surface area contributed by atoms with Gasteiger partial charge in [-0.3, -0.25) is 28.8 Å². The largest absolute Gasteiger partial charge is 0.483 e. The Kier molecular flexibility index (Phi) is 31.9. The maximum Gasteiger partial charge on any atom is 0.394 e. The van der Waals surface area contributed by atoms with Crippen LogP contribution in [0.4, 0.5) is 5.69 Å². The molecule has 0 heterocycles. The summed E-state index contributed by atoms with van der Waals surface area (Å²) >= 11 is 0. The maximum absolute atomic E-state index is 12.6. The van der Waals surface area contributed by atoms with Crippen molar-refractivity contribution in [2.24, 2.45) is 17.6 Å². The Morgan fingerprint density at radius 1 is 0.759 bits per heavy atom. The van der Waals surface area contributed by atoms with E-state index in [1.54, 1.807) is 20.0 Å². The fourth-order valence-corrected chi connectivity index (χ4v) is 3.84. The number of aromatic carboxylic acids is 1. The predicted octanol–water partition coefficient (Wildman–Crippen LogP) is 1.02. The molecular formula is C39H61N7O12. The zero-order valence-corrected chi connectivity index (χ0v) is 34.5. The van der Waals surface area contributed by atoms with Crippen LogP contribution >= 0.6 is 0 Å². The van der Waals surface area contributed by atoms with E-state index in [1.807, 2.05) is 49.5 Å². The van der Waals surface area contributed by atoms with Gasteiger partial charge in [0.15, 0.2) is 0 Å². The number of likely N-dealkylation sites (N-methyl/N-ethyl adjacent to an activating group) is 2. The first-order valence-electron chi connectivity index (χ1n) is 18.1. The first-order valence-corrected chi connectivity index (χ1v) is 18.1. The second kappa shape index (κ2) is 33.0. The Labute approximate surface area is 339 Å². The summed E-state index contributed by atoms with van der Waals surface area (Å²) in [5.74, 6) is -4.01. The topological polar surface area (TPSA) is 313 Å². The van der Waals surface area contributed by atoms with Crippen LogP contribution in [0.1, 0.15) is 70.8 Å². The molecule has 11 N–H and O–H groups in total. The van der Waals surface area contributed by atoms with Crippen molar-refractivity contribution in [1.82, 2.24) is 26.6 Å². The standard InChI is InChI=1S/C23H28N4O5.C8H16N2O2.C4H10.C3H5NO3.CH2O2/c1-15(22(30)27-18-10-6-9-17(12-18)23(31)32)25-20(28)13-19(26-21(29)14-24-2)11-16-7-4-3-5-8-16;1-5(2)7(4-11)10-8(12)6(3)9;1-4(2)3;1-4-2(5)3(6)7;2-1-3/h3-10,12,15,19,24H,11,13-14H2,1-2H3,(H,25,28)(H,26,29)(H,27,30)(H,31,32);4-7H,9H2,1-3H3,(H,10,12);4H,1-3H3;1H3,(H,4,5)(H,6,7);1H,(H,2,3)/t15-,19?;;;;/m0..../s1. The fraction of sp³-hybridized carbons (Fsp3) is 0.462. The molecule has 0 saturated heterocycles. The van der Waals surface area contributed by atoms with E-state index in [0.29, 0.717) is 12.1 Å². The van der Waals surface area contributed by atoms with Gasteiger partial charge in [0, 0.05) is 25.2 Å². The van der Waals surface area contributed by atoms with Crippen molar-refractivity contribution in [1.29, 1.82) is 0 Å². The van der Waals surface area contributed by atoms with Gasteiger partial charge in [-0.1, -0.05) is 71.0 Å². The molecule has 2 aromatic carbocycles. The summed E-state index contributed by atoms with van der Waals surface area (Å²) in [7, 11) is 2.92. The lowest BCUT2D eigenvalue weighted by atomic mass is 10.0. The number of carboxylic acid groups (broad SMARTS) is 3. The number of carboxylic acids is 2. The molecular weight excluding hydrogens is 758 g/mol. The molecule has 0 aliphatic carbocycles. The molecule has 2 aromatic rings. The van der Waals surface area contributed by atoms with Crippen molar-refractivity contribution in [3.05, 3.63) is 65.7 Å². The van der Waals surface area contributed by atoms with Crippen LogP contribution in [0.2, 0.25) is 0 Å². The molecule has 4 atom stereocenters. The molecule has 0 fully saturated rings. The molecule has 0 radical (unpaired) electrons. The van der Waals surface area contributed by atoms with E-state index in [0.717, 1.165) is 17.8 Å². The van der Waals surface area contributed by atoms with Gasteiger partial charge in [-0.25, -0.2) is 9.59 Å². The number of amides is 5. The Balaban J connectivity index is -0.000000945. The number of benzene rings is 2. The van der Waals surface area contributed by atoms with E-state index in [9.17, 15) is 38.4 Å². The highest BCUT2D eigenvalue weighted by Crippen LogP contribution is 2.11. The number of nitrogens with two attached hydrogens (primary N) is 1. The number of hydrogen-bond donors (Lipinski definition) is 10. The summed E-state index contributed by atoms with van der Waals surface area (Å²) in [6, 6.07) is 13.0. The highest BCUT2D eigenvalue weighted by atomic mass is 16.4. The van der Waals surface area contributed by atoms with Crippen molar-refractivity contribution < 1.29 is 58.5 Å². The van der Waals surface area contributed by atoms with Gasteiger partial charge in [-0.05, 0) is 62.9 Å². The van der Waals surface area contributed by atoms with Crippen molar-refractivity contribution in [3.63, 3.8) is 0 Å². The van der Waals surface area contributed by atoms with Crippen molar-refractivity contribution >= 4 is 59.9 Å². The van der Waals surface area contributed by atoms with E-state index in [1.165, 1.54) is 32.2 Å². The summed E-state index contributed by atoms with van der Waals surface area (Å²) in [5.41, 5.74) is 6.64. The molecule has 19 heteroatoms. The Morgan fingerprint density at radius 2 is 1.31 bits per heavy atom. The average Bonchev–Trinajstić information content (AvgIpc) is 3.14. The number of hydrogen-bond acceptors (Lipinski definition) is 11. The summed E-state index contributed by atoms with van der Waals surface area (Å²) in [5, 5.41) is 39.0. The molecule has 5 amide bonds. The fourth-order valence-electron chi connectivity index (χ4n) is 3.84. The van der Waals surface area contributed by atoms with Crippen LogP contribution < -0.4 is 37.6 Å². The lowest BCUT2D eigenvalue weighted by molar-refractivity contribution is -0.149. The van der Waals surface area contributed by atoms with Gasteiger partial charge in [-0.15, -0.1) is 0 Å². The zero-order chi connectivity index (χ0) is 45.4. The maximum atomic E-state index is 12.6. The summed E-state index contributed by atoms with van der Waals surface area (Å²) in [6.45, 7) is 13.2. The Morgan fingerprint density at radius 3 is 1.72 bits per heavy atom. The van der Waals surface area contributed by atoms with Crippen LogP contribution in [0.25, 0.3) is 0 Å². The lowest BCUT2D eigenvalue weighted by Crippen LogP contribution is -2.46. The third-order valence-corrected chi connectivity index (χ3v) is 6.62. The molecule has 0 saturated carbocycles. The molecule has 0 aromatic heterocycles. The van der Waals surface area contributed by atoms with E-state index >= 15 is 0 Å². The van der Waals surface area contributed by atoms with Crippen LogP contribution in [0.15, 0.2) is 54.6 Å². The number of carbonyl (C=O) groups excluding carboxylic acids is 6. The third kappa shape index (κ3) is 30.1. The van der Waals surface area contributed by atoms with Gasteiger partial charge in [0.25, 0.3) is 6.47 Å². The molecule has 3 unspecified atom stereocenters.